The molecular formula is C16H20N4O3. The molecule has 1 saturated heterocycles. The monoisotopic (exact) mass is 316 g/mol. The number of piperidine rings is 1. The van der Waals surface area contributed by atoms with E-state index >= 15 is 0 Å². The van der Waals surface area contributed by atoms with Crippen LogP contribution in [0.4, 0.5) is 0 Å². The minimum atomic E-state index is -0.142. The van der Waals surface area contributed by atoms with Gasteiger partial charge in [0.25, 0.3) is 0 Å². The van der Waals surface area contributed by atoms with Gasteiger partial charge in [0.1, 0.15) is 6.04 Å². The van der Waals surface area contributed by atoms with Gasteiger partial charge in [-0.25, -0.2) is 0 Å². The van der Waals surface area contributed by atoms with E-state index in [1.165, 1.54) is 0 Å². The van der Waals surface area contributed by atoms with Crippen molar-refractivity contribution in [2.75, 3.05) is 20.3 Å². The highest BCUT2D eigenvalue weighted by Crippen LogP contribution is 2.32. The van der Waals surface area contributed by atoms with E-state index in [1.54, 1.807) is 19.5 Å². The average molecular weight is 316 g/mol. The first kappa shape index (κ1) is 15.6. The number of pyridine rings is 1. The summed E-state index contributed by atoms with van der Waals surface area (Å²) in [7, 11) is 1.60. The van der Waals surface area contributed by atoms with Crippen LogP contribution in [0.5, 0.6) is 0 Å². The number of rotatable bonds is 5. The van der Waals surface area contributed by atoms with Gasteiger partial charge in [-0.05, 0) is 31.4 Å². The molecule has 0 spiro atoms. The summed E-state index contributed by atoms with van der Waals surface area (Å²) in [6, 6.07) is 3.50. The second kappa shape index (κ2) is 7.32. The fourth-order valence-electron chi connectivity index (χ4n) is 2.80. The third kappa shape index (κ3) is 3.56. The number of likely N-dealkylation sites (tertiary alicyclic amines) is 1. The van der Waals surface area contributed by atoms with Crippen molar-refractivity contribution >= 4 is 5.91 Å². The number of amides is 1. The number of hydrogen-bond donors (Lipinski definition) is 0. The number of methoxy groups -OCH3 is 1. The predicted molar refractivity (Wildman–Crippen MR) is 82.3 cm³/mol. The molecule has 0 unspecified atom stereocenters. The number of nitrogens with zero attached hydrogens (tertiary/aromatic N) is 4. The summed E-state index contributed by atoms with van der Waals surface area (Å²) in [4.78, 5) is 18.2. The molecule has 1 atom stereocenters. The highest BCUT2D eigenvalue weighted by molar-refractivity contribution is 5.76. The Kier molecular flexibility index (Phi) is 4.97. The molecule has 0 aliphatic carbocycles. The number of ether oxygens (including phenoxy) is 1. The molecule has 2 aromatic rings. The molecule has 3 heterocycles. The predicted octanol–water partition coefficient (Wildman–Crippen LogP) is 2.22. The van der Waals surface area contributed by atoms with Crippen LogP contribution in [0.1, 0.15) is 37.6 Å². The van der Waals surface area contributed by atoms with E-state index in [0.717, 1.165) is 31.4 Å². The van der Waals surface area contributed by atoms with Crippen LogP contribution in [0.2, 0.25) is 0 Å². The lowest BCUT2D eigenvalue weighted by Crippen LogP contribution is -2.39. The minimum absolute atomic E-state index is 0.0696. The Morgan fingerprint density at radius 2 is 2.17 bits per heavy atom. The summed E-state index contributed by atoms with van der Waals surface area (Å²) >= 11 is 0. The van der Waals surface area contributed by atoms with Crippen molar-refractivity contribution in [1.82, 2.24) is 20.1 Å². The average Bonchev–Trinajstić information content (AvgIpc) is 3.10. The van der Waals surface area contributed by atoms with E-state index in [1.807, 2.05) is 17.0 Å². The van der Waals surface area contributed by atoms with Crippen molar-refractivity contribution in [3.63, 3.8) is 0 Å². The number of carbonyl (C=O) groups is 1. The molecule has 1 amide bonds. The summed E-state index contributed by atoms with van der Waals surface area (Å²) in [6.07, 6.45) is 6.63. The van der Waals surface area contributed by atoms with Gasteiger partial charge < -0.3 is 14.1 Å². The van der Waals surface area contributed by atoms with Gasteiger partial charge in [0.15, 0.2) is 0 Å². The molecule has 1 fully saturated rings. The summed E-state index contributed by atoms with van der Waals surface area (Å²) in [6.45, 7) is 1.15. The molecule has 2 aromatic heterocycles. The molecule has 0 saturated carbocycles. The van der Waals surface area contributed by atoms with Crippen molar-refractivity contribution in [3.05, 3.63) is 30.4 Å². The first-order valence-corrected chi connectivity index (χ1v) is 7.82. The molecule has 3 rings (SSSR count). The lowest BCUT2D eigenvalue weighted by atomic mass is 10.0. The summed E-state index contributed by atoms with van der Waals surface area (Å²) in [5.74, 6) is 1.03. The van der Waals surface area contributed by atoms with Crippen LogP contribution in [0.3, 0.4) is 0 Å². The summed E-state index contributed by atoms with van der Waals surface area (Å²) < 4.78 is 10.8. The zero-order chi connectivity index (χ0) is 16.1. The van der Waals surface area contributed by atoms with Crippen molar-refractivity contribution < 1.29 is 13.9 Å². The first-order chi connectivity index (χ1) is 11.3. The Morgan fingerprint density at radius 3 is 2.96 bits per heavy atom. The summed E-state index contributed by atoms with van der Waals surface area (Å²) in [5, 5.41) is 8.28. The van der Waals surface area contributed by atoms with E-state index in [9.17, 15) is 4.79 Å². The first-order valence-electron chi connectivity index (χ1n) is 7.82. The maximum atomic E-state index is 12.4. The van der Waals surface area contributed by atoms with E-state index in [0.29, 0.717) is 24.8 Å². The molecule has 0 bridgehead atoms. The van der Waals surface area contributed by atoms with E-state index in [4.69, 9.17) is 9.15 Å². The van der Waals surface area contributed by atoms with Crippen molar-refractivity contribution in [3.8, 4) is 11.5 Å². The van der Waals surface area contributed by atoms with E-state index in [-0.39, 0.29) is 11.9 Å². The molecule has 1 aliphatic rings. The van der Waals surface area contributed by atoms with E-state index in [2.05, 4.69) is 15.2 Å². The van der Waals surface area contributed by atoms with Crippen LogP contribution in [-0.2, 0) is 9.53 Å². The highest BCUT2D eigenvalue weighted by Gasteiger charge is 2.31. The molecule has 1 aliphatic heterocycles. The largest absolute Gasteiger partial charge is 0.418 e. The van der Waals surface area contributed by atoms with Crippen molar-refractivity contribution in [2.45, 2.75) is 31.7 Å². The number of carbonyl (C=O) groups excluding carboxylic acids is 1. The van der Waals surface area contributed by atoms with Crippen LogP contribution in [0.25, 0.3) is 11.5 Å². The Morgan fingerprint density at radius 1 is 1.35 bits per heavy atom. The quantitative estimate of drug-likeness (QED) is 0.841. The molecule has 7 heteroatoms. The zero-order valence-corrected chi connectivity index (χ0v) is 13.1. The topological polar surface area (TPSA) is 81.4 Å². The van der Waals surface area contributed by atoms with Crippen LogP contribution >= 0.6 is 0 Å². The maximum absolute atomic E-state index is 12.4. The fourth-order valence-corrected chi connectivity index (χ4v) is 2.80. The number of hydrogen-bond acceptors (Lipinski definition) is 6. The molecule has 0 aromatic carbocycles. The van der Waals surface area contributed by atoms with Gasteiger partial charge in [-0.15, -0.1) is 10.2 Å². The third-order valence-corrected chi connectivity index (χ3v) is 4.00. The van der Waals surface area contributed by atoms with Gasteiger partial charge in [-0.1, -0.05) is 0 Å². The van der Waals surface area contributed by atoms with Crippen LogP contribution in [0.15, 0.2) is 28.9 Å². The zero-order valence-electron chi connectivity index (χ0n) is 13.1. The van der Waals surface area contributed by atoms with Gasteiger partial charge in [0.05, 0.1) is 13.0 Å². The normalized spacial score (nSPS) is 18.1. The van der Waals surface area contributed by atoms with Crippen LogP contribution in [0, 0.1) is 0 Å². The minimum Gasteiger partial charge on any atom is -0.418 e. The van der Waals surface area contributed by atoms with Gasteiger partial charge >= 0.3 is 0 Å². The van der Waals surface area contributed by atoms with Crippen LogP contribution < -0.4 is 0 Å². The Balaban J connectivity index is 1.78. The Labute approximate surface area is 134 Å². The molecular weight excluding hydrogens is 296 g/mol. The summed E-state index contributed by atoms with van der Waals surface area (Å²) in [5.41, 5.74) is 0.826. The molecule has 0 N–H and O–H groups in total. The molecule has 7 nitrogen and oxygen atoms in total. The lowest BCUT2D eigenvalue weighted by molar-refractivity contribution is -0.136. The lowest BCUT2D eigenvalue weighted by Gasteiger charge is -2.33. The van der Waals surface area contributed by atoms with Gasteiger partial charge in [0, 0.05) is 31.6 Å². The smallest absolute Gasteiger partial charge is 0.247 e. The van der Waals surface area contributed by atoms with Gasteiger partial charge in [-0.3, -0.25) is 9.78 Å². The van der Waals surface area contributed by atoms with Gasteiger partial charge in [0.2, 0.25) is 17.7 Å². The maximum Gasteiger partial charge on any atom is 0.247 e. The second-order valence-corrected chi connectivity index (χ2v) is 5.52. The van der Waals surface area contributed by atoms with Gasteiger partial charge in [-0.2, -0.15) is 0 Å². The Bertz CT molecular complexity index is 644. The highest BCUT2D eigenvalue weighted by atomic mass is 16.5. The number of aromatic nitrogens is 3. The standard InChI is InChI=1S/C16H20N4O3/c1-22-11-7-14(21)20-10-3-2-4-13(20)16-19-18-15(23-16)12-5-8-17-9-6-12/h5-6,8-9,13H,2-4,7,10-11H2,1H3/t13-/m1/s1. The third-order valence-electron chi connectivity index (χ3n) is 4.00. The Hall–Kier alpha value is -2.28. The van der Waals surface area contributed by atoms with Crippen molar-refractivity contribution in [2.24, 2.45) is 0 Å². The molecule has 122 valence electrons. The SMILES string of the molecule is COCCC(=O)N1CCCC[C@@H]1c1nnc(-c2ccncc2)o1. The van der Waals surface area contributed by atoms with E-state index < -0.39 is 0 Å². The van der Waals surface area contributed by atoms with Crippen LogP contribution in [-0.4, -0.2) is 46.2 Å². The second-order valence-electron chi connectivity index (χ2n) is 5.52. The fraction of sp³-hybridized carbons (Fsp3) is 0.500. The van der Waals surface area contributed by atoms with Crippen molar-refractivity contribution in [1.29, 1.82) is 0 Å². The molecule has 0 radical (unpaired) electrons. The molecule has 23 heavy (non-hydrogen) atoms.